The van der Waals surface area contributed by atoms with Gasteiger partial charge in [0.1, 0.15) is 0 Å². The second kappa shape index (κ2) is 3.33. The summed E-state index contributed by atoms with van der Waals surface area (Å²) in [6.07, 6.45) is 4.05. The van der Waals surface area contributed by atoms with E-state index in [1.54, 1.807) is 0 Å². The predicted octanol–water partition coefficient (Wildman–Crippen LogP) is 1.68. The maximum absolute atomic E-state index is 8.20. The van der Waals surface area contributed by atoms with Crippen molar-refractivity contribution in [3.8, 4) is 0 Å². The summed E-state index contributed by atoms with van der Waals surface area (Å²) in [6.45, 7) is 1.74. The molecule has 1 saturated heterocycles. The van der Waals surface area contributed by atoms with Gasteiger partial charge in [0.05, 0.1) is 0 Å². The number of hydrogen-bond donors (Lipinski definition) is 1. The van der Waals surface area contributed by atoms with Crippen LogP contribution in [-0.4, -0.2) is 19.1 Å². The molecule has 1 aliphatic heterocycles. The quantitative estimate of drug-likeness (QED) is 0.387. The van der Waals surface area contributed by atoms with Gasteiger partial charge < -0.3 is 5.32 Å². The molecule has 0 spiro atoms. The van der Waals surface area contributed by atoms with Crippen molar-refractivity contribution in [3.63, 3.8) is 0 Å². The van der Waals surface area contributed by atoms with E-state index in [9.17, 15) is 0 Å². The van der Waals surface area contributed by atoms with E-state index >= 15 is 0 Å². The predicted molar refractivity (Wildman–Crippen MR) is 46.6 cm³/mol. The third-order valence-corrected chi connectivity index (χ3v) is 2.97. The third-order valence-electron chi connectivity index (χ3n) is 2.97. The molecule has 2 rings (SSSR count). The summed E-state index contributed by atoms with van der Waals surface area (Å²) in [5.74, 6) is 1.72. The van der Waals surface area contributed by atoms with Crippen molar-refractivity contribution in [2.75, 3.05) is 13.1 Å². The first-order valence-electron chi connectivity index (χ1n) is 4.66. The minimum absolute atomic E-state index is 0.466. The second-order valence-corrected chi connectivity index (χ2v) is 3.76. The maximum atomic E-state index is 8.20. The molecule has 2 unspecified atom stereocenters. The fraction of sp³-hybridized carbons (Fsp3) is 1.00. The van der Waals surface area contributed by atoms with Gasteiger partial charge in [-0.05, 0) is 43.2 Å². The highest BCUT2D eigenvalue weighted by Gasteiger charge is 2.38. The van der Waals surface area contributed by atoms with Crippen molar-refractivity contribution in [2.45, 2.75) is 25.3 Å². The summed E-state index contributed by atoms with van der Waals surface area (Å²) < 4.78 is 0. The molecule has 12 heavy (non-hydrogen) atoms. The Kier molecular flexibility index (Phi) is 2.19. The van der Waals surface area contributed by atoms with Crippen LogP contribution in [-0.2, 0) is 0 Å². The largest absolute Gasteiger partial charge is 0.314 e. The van der Waals surface area contributed by atoms with Crippen molar-refractivity contribution < 1.29 is 0 Å². The molecule has 0 bridgehead atoms. The molecule has 0 aromatic heterocycles. The monoisotopic (exact) mass is 166 g/mol. The van der Waals surface area contributed by atoms with Crippen LogP contribution in [0, 0.1) is 11.8 Å². The van der Waals surface area contributed by atoms with Gasteiger partial charge in [-0.2, -0.15) is 0 Å². The number of nitrogens with zero attached hydrogens (tertiary/aromatic N) is 3. The van der Waals surface area contributed by atoms with Crippen LogP contribution in [0.25, 0.3) is 10.4 Å². The topological polar surface area (TPSA) is 60.8 Å². The smallest absolute Gasteiger partial charge is 0.0414 e. The Morgan fingerprint density at radius 3 is 2.92 bits per heavy atom. The summed E-state index contributed by atoms with van der Waals surface area (Å²) in [6, 6.07) is 0.466. The van der Waals surface area contributed by atoms with Gasteiger partial charge in [0.15, 0.2) is 0 Å². The molecule has 1 aliphatic carbocycles. The molecule has 2 fully saturated rings. The first-order valence-corrected chi connectivity index (χ1v) is 4.66. The van der Waals surface area contributed by atoms with Crippen LogP contribution in [0.5, 0.6) is 0 Å². The standard InChI is InChI=1S/C8H14N4/c9-12-11-5-8-7(3-4-10-8)6-1-2-6/h6-8,10H,1-5H2. The van der Waals surface area contributed by atoms with Gasteiger partial charge in [-0.1, -0.05) is 5.11 Å². The van der Waals surface area contributed by atoms with Crippen LogP contribution in [0.4, 0.5) is 0 Å². The van der Waals surface area contributed by atoms with Crippen molar-refractivity contribution in [1.82, 2.24) is 5.32 Å². The highest BCUT2D eigenvalue weighted by atomic mass is 15.1. The van der Waals surface area contributed by atoms with Gasteiger partial charge in [-0.3, -0.25) is 0 Å². The van der Waals surface area contributed by atoms with Crippen LogP contribution < -0.4 is 5.32 Å². The van der Waals surface area contributed by atoms with Crippen molar-refractivity contribution in [3.05, 3.63) is 10.4 Å². The van der Waals surface area contributed by atoms with Gasteiger partial charge in [-0.15, -0.1) is 0 Å². The average Bonchev–Trinajstić information content (AvgIpc) is 2.83. The van der Waals surface area contributed by atoms with Crippen LogP contribution >= 0.6 is 0 Å². The molecule has 1 heterocycles. The van der Waals surface area contributed by atoms with E-state index < -0.39 is 0 Å². The Bertz CT molecular complexity index is 205. The maximum Gasteiger partial charge on any atom is 0.0414 e. The van der Waals surface area contributed by atoms with Crippen molar-refractivity contribution >= 4 is 0 Å². The summed E-state index contributed by atoms with van der Waals surface area (Å²) >= 11 is 0. The van der Waals surface area contributed by atoms with E-state index in [0.717, 1.165) is 18.4 Å². The fourth-order valence-electron chi connectivity index (χ4n) is 2.20. The molecular weight excluding hydrogens is 152 g/mol. The Morgan fingerprint density at radius 2 is 2.25 bits per heavy atom. The van der Waals surface area contributed by atoms with E-state index in [-0.39, 0.29) is 0 Å². The molecule has 2 atom stereocenters. The Hall–Kier alpha value is -0.730. The lowest BCUT2D eigenvalue weighted by Crippen LogP contribution is -2.30. The van der Waals surface area contributed by atoms with E-state index in [0.29, 0.717) is 12.6 Å². The Morgan fingerprint density at radius 1 is 1.42 bits per heavy atom. The molecule has 0 aromatic rings. The molecule has 66 valence electrons. The molecule has 1 N–H and O–H groups in total. The molecule has 4 heteroatoms. The summed E-state index contributed by atoms with van der Waals surface area (Å²) in [5, 5.41) is 7.03. The van der Waals surface area contributed by atoms with E-state index in [1.165, 1.54) is 19.3 Å². The second-order valence-electron chi connectivity index (χ2n) is 3.76. The zero-order valence-corrected chi connectivity index (χ0v) is 7.11. The highest BCUT2D eigenvalue weighted by molar-refractivity contribution is 4.94. The van der Waals surface area contributed by atoms with Gasteiger partial charge in [0, 0.05) is 17.5 Å². The lowest BCUT2D eigenvalue weighted by Gasteiger charge is -2.15. The van der Waals surface area contributed by atoms with Crippen LogP contribution in [0.1, 0.15) is 19.3 Å². The Labute approximate surface area is 72.0 Å². The van der Waals surface area contributed by atoms with Crippen LogP contribution in [0.3, 0.4) is 0 Å². The number of hydrogen-bond acceptors (Lipinski definition) is 2. The van der Waals surface area contributed by atoms with E-state index in [2.05, 4.69) is 15.3 Å². The zero-order chi connectivity index (χ0) is 8.39. The number of nitrogens with one attached hydrogen (secondary N) is 1. The van der Waals surface area contributed by atoms with Gasteiger partial charge in [0.2, 0.25) is 0 Å². The molecular formula is C8H14N4. The SMILES string of the molecule is [N-]=[N+]=NCC1NCCC1C1CC1. The molecule has 2 aliphatic rings. The zero-order valence-electron chi connectivity index (χ0n) is 7.11. The average molecular weight is 166 g/mol. The minimum atomic E-state index is 0.466. The normalized spacial score (nSPS) is 34.7. The van der Waals surface area contributed by atoms with Crippen LogP contribution in [0.15, 0.2) is 5.11 Å². The molecule has 0 radical (unpaired) electrons. The van der Waals surface area contributed by atoms with E-state index in [4.69, 9.17) is 5.53 Å². The molecule has 0 aromatic carbocycles. The first kappa shape index (κ1) is 7.90. The van der Waals surface area contributed by atoms with Crippen molar-refractivity contribution in [2.24, 2.45) is 17.0 Å². The lowest BCUT2D eigenvalue weighted by molar-refractivity contribution is 0.406. The highest BCUT2D eigenvalue weighted by Crippen LogP contribution is 2.41. The molecule has 1 saturated carbocycles. The number of rotatable bonds is 3. The summed E-state index contributed by atoms with van der Waals surface area (Å²) in [5.41, 5.74) is 8.20. The minimum Gasteiger partial charge on any atom is -0.314 e. The summed E-state index contributed by atoms with van der Waals surface area (Å²) in [4.78, 5) is 2.80. The number of azide groups is 1. The first-order chi connectivity index (χ1) is 5.92. The summed E-state index contributed by atoms with van der Waals surface area (Å²) in [7, 11) is 0. The lowest BCUT2D eigenvalue weighted by atomic mass is 9.95. The van der Waals surface area contributed by atoms with Gasteiger partial charge in [0.25, 0.3) is 0 Å². The fourth-order valence-corrected chi connectivity index (χ4v) is 2.20. The van der Waals surface area contributed by atoms with Gasteiger partial charge >= 0.3 is 0 Å². The molecule has 4 nitrogen and oxygen atoms in total. The van der Waals surface area contributed by atoms with Crippen molar-refractivity contribution in [1.29, 1.82) is 0 Å². The van der Waals surface area contributed by atoms with E-state index in [1.807, 2.05) is 0 Å². The van der Waals surface area contributed by atoms with Gasteiger partial charge in [-0.25, -0.2) is 0 Å². The Balaban J connectivity index is 1.89. The third kappa shape index (κ3) is 1.54. The molecule has 0 amide bonds. The van der Waals surface area contributed by atoms with Crippen LogP contribution in [0.2, 0.25) is 0 Å².